The molecule has 2 amide bonds. The van der Waals surface area contributed by atoms with Crippen LogP contribution in [-0.4, -0.2) is 31.9 Å². The quantitative estimate of drug-likeness (QED) is 0.480. The van der Waals surface area contributed by atoms with Crippen LogP contribution < -0.4 is 10.6 Å². The number of carbonyl (C=O) groups excluding carboxylic acids is 1. The van der Waals surface area contributed by atoms with E-state index in [4.69, 9.17) is 5.73 Å². The molecule has 4 rings (SSSR count). The number of imidazole rings is 1. The highest BCUT2D eigenvalue weighted by molar-refractivity contribution is 9.09. The first-order valence-corrected chi connectivity index (χ1v) is 10.1. The summed E-state index contributed by atoms with van der Waals surface area (Å²) in [6.07, 6.45) is 4.21. The Morgan fingerprint density at radius 3 is 2.64 bits per heavy atom. The molecular weight excluding hydrogens is 418 g/mol. The standard InChI is InChI=1S/C21H22BrN5O/c22-20-19(10-15-6-2-1-3-7-15)27(21(23)28)12-16-8-4-5-9-18(16)26(20)13-17-11-24-14-25-17/h1-9,11,14,19-20H,10,12-13H2,(H2,23,28)(H,24,25). The summed E-state index contributed by atoms with van der Waals surface area (Å²) < 4.78 is 0. The smallest absolute Gasteiger partial charge is 0.315 e. The van der Waals surface area contributed by atoms with Crippen molar-refractivity contribution in [1.29, 1.82) is 0 Å². The van der Waals surface area contributed by atoms with E-state index in [1.54, 1.807) is 11.2 Å². The van der Waals surface area contributed by atoms with Gasteiger partial charge in [-0.1, -0.05) is 64.5 Å². The first kappa shape index (κ1) is 18.6. The van der Waals surface area contributed by atoms with Crippen molar-refractivity contribution in [2.45, 2.75) is 30.5 Å². The van der Waals surface area contributed by atoms with Crippen LogP contribution in [0.25, 0.3) is 0 Å². The summed E-state index contributed by atoms with van der Waals surface area (Å²) in [5.74, 6) is 0. The molecule has 2 atom stereocenters. The molecule has 1 aliphatic rings. The van der Waals surface area contributed by atoms with E-state index < -0.39 is 6.03 Å². The molecular formula is C21H22BrN5O. The second kappa shape index (κ2) is 8.06. The maximum absolute atomic E-state index is 12.4. The number of urea groups is 1. The van der Waals surface area contributed by atoms with Crippen LogP contribution in [0.3, 0.4) is 0 Å². The molecule has 0 fully saturated rings. The van der Waals surface area contributed by atoms with Gasteiger partial charge in [0.15, 0.2) is 0 Å². The number of primary amides is 1. The Bertz CT molecular complexity index is 931. The summed E-state index contributed by atoms with van der Waals surface area (Å²) in [4.78, 5) is 23.6. The Labute approximate surface area is 172 Å². The van der Waals surface area contributed by atoms with E-state index in [0.29, 0.717) is 19.5 Å². The lowest BCUT2D eigenvalue weighted by molar-refractivity contribution is 0.179. The molecule has 28 heavy (non-hydrogen) atoms. The minimum absolute atomic E-state index is 0.118. The second-order valence-corrected chi connectivity index (χ2v) is 7.87. The Morgan fingerprint density at radius 2 is 1.93 bits per heavy atom. The number of rotatable bonds is 4. The zero-order chi connectivity index (χ0) is 19.5. The number of hydrogen-bond acceptors (Lipinski definition) is 3. The number of nitrogens with two attached hydrogens (primary N) is 1. The van der Waals surface area contributed by atoms with E-state index in [0.717, 1.165) is 22.5 Å². The van der Waals surface area contributed by atoms with Crippen LogP contribution in [0.4, 0.5) is 10.5 Å². The Hall–Kier alpha value is -2.80. The first-order chi connectivity index (χ1) is 13.6. The maximum atomic E-state index is 12.4. The SMILES string of the molecule is NC(=O)N1Cc2ccccc2N(Cc2cnc[nH]2)C(Br)C1Cc1ccccc1. The van der Waals surface area contributed by atoms with Gasteiger partial charge >= 0.3 is 6.03 Å². The Morgan fingerprint density at radius 1 is 1.18 bits per heavy atom. The molecule has 1 aromatic heterocycles. The number of nitrogens with one attached hydrogen (secondary N) is 1. The molecule has 2 heterocycles. The number of aromatic amines is 1. The summed E-state index contributed by atoms with van der Waals surface area (Å²) in [5.41, 5.74) is 10.1. The van der Waals surface area contributed by atoms with Gasteiger partial charge in [0.2, 0.25) is 0 Å². The van der Waals surface area contributed by atoms with Crippen LogP contribution >= 0.6 is 15.9 Å². The largest absolute Gasteiger partial charge is 0.351 e. The van der Waals surface area contributed by atoms with Crippen LogP contribution in [0.15, 0.2) is 67.1 Å². The number of para-hydroxylation sites is 1. The van der Waals surface area contributed by atoms with Gasteiger partial charge in [0.05, 0.1) is 24.6 Å². The van der Waals surface area contributed by atoms with Gasteiger partial charge in [0, 0.05) is 18.4 Å². The molecule has 7 heteroatoms. The number of benzene rings is 2. The third-order valence-corrected chi connectivity index (χ3v) is 6.23. The third-order valence-electron chi connectivity index (χ3n) is 5.12. The summed E-state index contributed by atoms with van der Waals surface area (Å²) >= 11 is 3.90. The molecule has 2 aromatic carbocycles. The number of halogens is 1. The lowest BCUT2D eigenvalue weighted by Crippen LogP contribution is -2.51. The normalized spacial score (nSPS) is 19.2. The minimum atomic E-state index is -0.413. The predicted molar refractivity (Wildman–Crippen MR) is 113 cm³/mol. The monoisotopic (exact) mass is 439 g/mol. The summed E-state index contributed by atoms with van der Waals surface area (Å²) in [5, 5.41) is 0. The van der Waals surface area contributed by atoms with E-state index in [1.165, 1.54) is 0 Å². The molecule has 0 saturated heterocycles. The first-order valence-electron chi connectivity index (χ1n) is 9.19. The number of anilines is 1. The van der Waals surface area contributed by atoms with Gasteiger partial charge in [-0.05, 0) is 23.6 Å². The molecule has 0 radical (unpaired) electrons. The van der Waals surface area contributed by atoms with Gasteiger partial charge in [-0.25, -0.2) is 9.78 Å². The van der Waals surface area contributed by atoms with Gasteiger partial charge < -0.3 is 20.5 Å². The molecule has 3 N–H and O–H groups in total. The predicted octanol–water partition coefficient (Wildman–Crippen LogP) is 3.64. The number of amides is 2. The fourth-order valence-electron chi connectivity index (χ4n) is 3.75. The molecule has 1 aliphatic heterocycles. The fraction of sp³-hybridized carbons (Fsp3) is 0.238. The number of hydrogen-bond donors (Lipinski definition) is 2. The molecule has 3 aromatic rings. The van der Waals surface area contributed by atoms with Crippen molar-refractivity contribution in [2.24, 2.45) is 5.73 Å². The highest BCUT2D eigenvalue weighted by Crippen LogP contribution is 2.35. The Kier molecular flexibility index (Phi) is 5.34. The number of H-pyrrole nitrogens is 1. The fourth-order valence-corrected chi connectivity index (χ4v) is 4.58. The molecule has 6 nitrogen and oxygen atoms in total. The van der Waals surface area contributed by atoms with E-state index in [9.17, 15) is 4.79 Å². The maximum Gasteiger partial charge on any atom is 0.315 e. The molecule has 2 unspecified atom stereocenters. The van der Waals surface area contributed by atoms with Crippen molar-refractivity contribution < 1.29 is 4.79 Å². The van der Waals surface area contributed by atoms with Gasteiger partial charge in [-0.15, -0.1) is 0 Å². The Balaban J connectivity index is 1.75. The van der Waals surface area contributed by atoms with E-state index in [1.807, 2.05) is 36.5 Å². The van der Waals surface area contributed by atoms with Gasteiger partial charge in [-0.2, -0.15) is 0 Å². The summed E-state index contributed by atoms with van der Waals surface area (Å²) in [6.45, 7) is 1.12. The summed E-state index contributed by atoms with van der Waals surface area (Å²) in [7, 11) is 0. The van der Waals surface area contributed by atoms with Crippen LogP contribution in [0.2, 0.25) is 0 Å². The van der Waals surface area contributed by atoms with Crippen molar-refractivity contribution in [3.63, 3.8) is 0 Å². The number of carbonyl (C=O) groups is 1. The average Bonchev–Trinajstić information content (AvgIpc) is 3.19. The van der Waals surface area contributed by atoms with Crippen LogP contribution in [0.1, 0.15) is 16.8 Å². The lowest BCUT2D eigenvalue weighted by Gasteiger charge is -2.36. The van der Waals surface area contributed by atoms with Crippen LogP contribution in [0, 0.1) is 0 Å². The number of alkyl halides is 1. The summed E-state index contributed by atoms with van der Waals surface area (Å²) in [6, 6.07) is 17.8. The van der Waals surface area contributed by atoms with Crippen molar-refractivity contribution in [1.82, 2.24) is 14.9 Å². The van der Waals surface area contributed by atoms with Gasteiger partial charge in [-0.3, -0.25) is 0 Å². The second-order valence-electron chi connectivity index (χ2n) is 6.93. The molecule has 0 saturated carbocycles. The minimum Gasteiger partial charge on any atom is -0.351 e. The average molecular weight is 440 g/mol. The highest BCUT2D eigenvalue weighted by atomic mass is 79.9. The number of aromatic nitrogens is 2. The topological polar surface area (TPSA) is 78.2 Å². The zero-order valence-electron chi connectivity index (χ0n) is 15.3. The van der Waals surface area contributed by atoms with Crippen LogP contribution in [-0.2, 0) is 19.5 Å². The molecule has 0 bridgehead atoms. The van der Waals surface area contributed by atoms with Crippen LogP contribution in [0.5, 0.6) is 0 Å². The van der Waals surface area contributed by atoms with Crippen molar-refractivity contribution in [2.75, 3.05) is 4.90 Å². The third kappa shape index (κ3) is 3.75. The van der Waals surface area contributed by atoms with Crippen molar-refractivity contribution in [3.05, 3.63) is 83.9 Å². The van der Waals surface area contributed by atoms with E-state index in [2.05, 4.69) is 55.1 Å². The van der Waals surface area contributed by atoms with Crippen molar-refractivity contribution >= 4 is 27.6 Å². The number of nitrogens with zero attached hydrogens (tertiary/aromatic N) is 3. The van der Waals surface area contributed by atoms with E-state index >= 15 is 0 Å². The zero-order valence-corrected chi connectivity index (χ0v) is 16.9. The van der Waals surface area contributed by atoms with Crippen molar-refractivity contribution in [3.8, 4) is 0 Å². The molecule has 144 valence electrons. The molecule has 0 spiro atoms. The number of fused-ring (bicyclic) bond motifs is 1. The lowest BCUT2D eigenvalue weighted by atomic mass is 10.0. The van der Waals surface area contributed by atoms with E-state index in [-0.39, 0.29) is 11.0 Å². The van der Waals surface area contributed by atoms with Gasteiger partial charge in [0.1, 0.15) is 4.95 Å². The molecule has 0 aliphatic carbocycles. The highest BCUT2D eigenvalue weighted by Gasteiger charge is 2.37. The van der Waals surface area contributed by atoms with Gasteiger partial charge in [0.25, 0.3) is 0 Å².